The van der Waals surface area contributed by atoms with Gasteiger partial charge in [0.2, 0.25) is 0 Å². The number of rotatable bonds is 6. The second kappa shape index (κ2) is 9.40. The first-order valence-electron chi connectivity index (χ1n) is 8.58. The van der Waals surface area contributed by atoms with Gasteiger partial charge in [-0.3, -0.25) is 4.79 Å². The smallest absolute Gasteiger partial charge is 0.271 e. The van der Waals surface area contributed by atoms with Crippen LogP contribution < -0.4 is 10.2 Å². The predicted molar refractivity (Wildman–Crippen MR) is 113 cm³/mol. The number of hydrogen-bond acceptors (Lipinski definition) is 3. The minimum atomic E-state index is -0.296. The van der Waals surface area contributed by atoms with Gasteiger partial charge in [-0.1, -0.05) is 59.1 Å². The molecule has 0 aromatic heterocycles. The number of benzene rings is 3. The number of amides is 1. The number of halogens is 2. The molecule has 0 aliphatic carbocycles. The molecule has 0 saturated carbocycles. The number of hydrazone groups is 1. The molecule has 28 heavy (non-hydrogen) atoms. The summed E-state index contributed by atoms with van der Waals surface area (Å²) in [7, 11) is 0. The Morgan fingerprint density at radius 3 is 2.43 bits per heavy atom. The van der Waals surface area contributed by atoms with E-state index in [4.69, 9.17) is 27.9 Å². The lowest BCUT2D eigenvalue weighted by molar-refractivity contribution is 0.0955. The maximum Gasteiger partial charge on any atom is 0.271 e. The van der Waals surface area contributed by atoms with Gasteiger partial charge in [0.15, 0.2) is 0 Å². The zero-order chi connectivity index (χ0) is 19.9. The fraction of sp³-hybridized carbons (Fsp3) is 0.0909. The Morgan fingerprint density at radius 2 is 1.75 bits per heavy atom. The van der Waals surface area contributed by atoms with Crippen LogP contribution in [0.2, 0.25) is 10.0 Å². The number of carbonyl (C=O) groups is 1. The number of nitrogens with one attached hydrogen (secondary N) is 1. The van der Waals surface area contributed by atoms with Gasteiger partial charge in [-0.15, -0.1) is 0 Å². The summed E-state index contributed by atoms with van der Waals surface area (Å²) in [6.45, 7) is 2.32. The van der Waals surface area contributed by atoms with Crippen LogP contribution in [-0.2, 0) is 6.61 Å². The quantitative estimate of drug-likeness (QED) is 0.420. The monoisotopic (exact) mass is 412 g/mol. The third-order valence-corrected chi connectivity index (χ3v) is 4.57. The van der Waals surface area contributed by atoms with Gasteiger partial charge in [0.1, 0.15) is 12.4 Å². The molecule has 0 aliphatic rings. The molecule has 0 unspecified atom stereocenters. The highest BCUT2D eigenvalue weighted by atomic mass is 35.5. The van der Waals surface area contributed by atoms with Crippen LogP contribution in [0.5, 0.6) is 5.75 Å². The van der Waals surface area contributed by atoms with E-state index in [0.29, 0.717) is 28.0 Å². The largest absolute Gasteiger partial charge is 0.489 e. The molecule has 6 heteroatoms. The average molecular weight is 413 g/mol. The summed E-state index contributed by atoms with van der Waals surface area (Å²) >= 11 is 12.0. The molecule has 3 aromatic carbocycles. The van der Waals surface area contributed by atoms with Crippen molar-refractivity contribution in [3.8, 4) is 5.75 Å². The molecule has 1 N–H and O–H groups in total. The van der Waals surface area contributed by atoms with E-state index in [-0.39, 0.29) is 5.91 Å². The third-order valence-electron chi connectivity index (χ3n) is 3.98. The number of hydrogen-bond donors (Lipinski definition) is 1. The summed E-state index contributed by atoms with van der Waals surface area (Å²) in [4.78, 5) is 12.2. The van der Waals surface area contributed by atoms with E-state index in [1.54, 1.807) is 42.6 Å². The fourth-order valence-corrected chi connectivity index (χ4v) is 2.85. The van der Waals surface area contributed by atoms with Crippen LogP contribution in [0.4, 0.5) is 0 Å². The molecule has 0 atom stereocenters. The molecule has 0 fully saturated rings. The van der Waals surface area contributed by atoms with Gasteiger partial charge in [-0.2, -0.15) is 5.10 Å². The molecule has 0 bridgehead atoms. The summed E-state index contributed by atoms with van der Waals surface area (Å²) in [6, 6.07) is 19.9. The van der Waals surface area contributed by atoms with Crippen molar-refractivity contribution in [2.75, 3.05) is 0 Å². The third kappa shape index (κ3) is 5.59. The molecule has 3 rings (SSSR count). The van der Waals surface area contributed by atoms with Crippen LogP contribution in [0, 0.1) is 6.92 Å². The van der Waals surface area contributed by atoms with E-state index in [0.717, 1.165) is 11.1 Å². The maximum absolute atomic E-state index is 12.2. The van der Waals surface area contributed by atoms with Gasteiger partial charge in [0.25, 0.3) is 5.91 Å². The lowest BCUT2D eigenvalue weighted by Crippen LogP contribution is -2.17. The Bertz CT molecular complexity index is 984. The minimum absolute atomic E-state index is 0.296. The number of nitrogens with zero attached hydrogens (tertiary/aromatic N) is 1. The van der Waals surface area contributed by atoms with E-state index >= 15 is 0 Å². The summed E-state index contributed by atoms with van der Waals surface area (Å²) < 4.78 is 5.71. The SMILES string of the molecule is Cc1ccc(/C=N/NC(=O)c2ccc(OCc3ccc(Cl)cc3Cl)cc2)cc1. The normalized spacial score (nSPS) is 10.8. The molecular formula is C22H18Cl2N2O2. The van der Waals surface area contributed by atoms with Crippen LogP contribution >= 0.6 is 23.2 Å². The van der Waals surface area contributed by atoms with Crippen molar-refractivity contribution in [3.63, 3.8) is 0 Å². The molecule has 3 aromatic rings. The Morgan fingerprint density at radius 1 is 1.04 bits per heavy atom. The molecule has 0 saturated heterocycles. The first-order valence-corrected chi connectivity index (χ1v) is 9.34. The summed E-state index contributed by atoms with van der Waals surface area (Å²) in [5.41, 5.74) is 5.91. The zero-order valence-electron chi connectivity index (χ0n) is 15.2. The molecule has 0 heterocycles. The fourth-order valence-electron chi connectivity index (χ4n) is 2.38. The molecule has 0 aliphatic heterocycles. The summed E-state index contributed by atoms with van der Waals surface area (Å²) in [6.07, 6.45) is 1.60. The van der Waals surface area contributed by atoms with Gasteiger partial charge >= 0.3 is 0 Å². The van der Waals surface area contributed by atoms with E-state index < -0.39 is 0 Å². The van der Waals surface area contributed by atoms with Gasteiger partial charge in [-0.25, -0.2) is 5.43 Å². The van der Waals surface area contributed by atoms with E-state index in [1.807, 2.05) is 37.3 Å². The minimum Gasteiger partial charge on any atom is -0.489 e. The lowest BCUT2D eigenvalue weighted by Gasteiger charge is -2.08. The standard InChI is InChI=1S/C22H18Cl2N2O2/c1-15-2-4-16(5-3-15)13-25-26-22(27)17-7-10-20(11-8-17)28-14-18-6-9-19(23)12-21(18)24/h2-13H,14H2,1H3,(H,26,27)/b25-13+. The number of aryl methyl sites for hydroxylation is 1. The van der Waals surface area contributed by atoms with Crippen molar-refractivity contribution in [3.05, 3.63) is 99.0 Å². The maximum atomic E-state index is 12.2. The van der Waals surface area contributed by atoms with Gasteiger partial charge in [0, 0.05) is 21.2 Å². The second-order valence-corrected chi connectivity index (χ2v) is 7.00. The summed E-state index contributed by atoms with van der Waals surface area (Å²) in [5.74, 6) is 0.335. The summed E-state index contributed by atoms with van der Waals surface area (Å²) in [5, 5.41) is 5.11. The van der Waals surface area contributed by atoms with E-state index in [2.05, 4.69) is 10.5 Å². The predicted octanol–water partition coefficient (Wildman–Crippen LogP) is 5.64. The molecule has 0 radical (unpaired) electrons. The van der Waals surface area contributed by atoms with Gasteiger partial charge in [-0.05, 0) is 48.9 Å². The number of ether oxygens (including phenoxy) is 1. The lowest BCUT2D eigenvalue weighted by atomic mass is 10.2. The molecule has 0 spiro atoms. The Hall–Kier alpha value is -2.82. The van der Waals surface area contributed by atoms with Crippen molar-refractivity contribution < 1.29 is 9.53 Å². The van der Waals surface area contributed by atoms with Gasteiger partial charge < -0.3 is 4.74 Å². The molecule has 4 nitrogen and oxygen atoms in total. The highest BCUT2D eigenvalue weighted by molar-refractivity contribution is 6.35. The average Bonchev–Trinajstić information content (AvgIpc) is 2.69. The van der Waals surface area contributed by atoms with Crippen LogP contribution in [0.15, 0.2) is 71.8 Å². The van der Waals surface area contributed by atoms with Crippen molar-refractivity contribution in [1.29, 1.82) is 0 Å². The van der Waals surface area contributed by atoms with Crippen LogP contribution in [0.1, 0.15) is 27.0 Å². The van der Waals surface area contributed by atoms with E-state index in [9.17, 15) is 4.79 Å². The molecular weight excluding hydrogens is 395 g/mol. The van der Waals surface area contributed by atoms with Crippen LogP contribution in [0.25, 0.3) is 0 Å². The highest BCUT2D eigenvalue weighted by Gasteiger charge is 2.06. The zero-order valence-corrected chi connectivity index (χ0v) is 16.7. The van der Waals surface area contributed by atoms with Crippen molar-refractivity contribution in [2.24, 2.45) is 5.10 Å². The molecule has 142 valence electrons. The first kappa shape index (κ1) is 19.9. The van der Waals surface area contributed by atoms with Crippen LogP contribution in [0.3, 0.4) is 0 Å². The topological polar surface area (TPSA) is 50.7 Å². The first-order chi connectivity index (χ1) is 13.5. The molecule has 1 amide bonds. The van der Waals surface area contributed by atoms with Crippen LogP contribution in [-0.4, -0.2) is 12.1 Å². The van der Waals surface area contributed by atoms with Crippen molar-refractivity contribution in [2.45, 2.75) is 13.5 Å². The second-order valence-electron chi connectivity index (χ2n) is 6.16. The van der Waals surface area contributed by atoms with Crippen molar-refractivity contribution in [1.82, 2.24) is 5.43 Å². The number of carbonyl (C=O) groups excluding carboxylic acids is 1. The highest BCUT2D eigenvalue weighted by Crippen LogP contribution is 2.23. The Kier molecular flexibility index (Phi) is 6.69. The Labute approximate surface area is 173 Å². The van der Waals surface area contributed by atoms with Gasteiger partial charge in [0.05, 0.1) is 6.21 Å². The van der Waals surface area contributed by atoms with Crippen molar-refractivity contribution >= 4 is 35.3 Å². The Balaban J connectivity index is 1.54. The van der Waals surface area contributed by atoms with E-state index in [1.165, 1.54) is 5.56 Å².